The van der Waals surface area contributed by atoms with Crippen molar-refractivity contribution in [2.75, 3.05) is 13.1 Å². The summed E-state index contributed by atoms with van der Waals surface area (Å²) in [6.45, 7) is 5.03. The summed E-state index contributed by atoms with van der Waals surface area (Å²) in [4.78, 5) is 13.4. The Labute approximate surface area is 155 Å². The molecule has 138 valence electrons. The maximum absolute atomic E-state index is 11.1. The van der Waals surface area contributed by atoms with Gasteiger partial charge in [0.2, 0.25) is 0 Å². The molecule has 1 aliphatic heterocycles. The second kappa shape index (κ2) is 8.86. The van der Waals surface area contributed by atoms with Crippen molar-refractivity contribution < 1.29 is 9.90 Å². The molecule has 2 heterocycles. The molecule has 1 saturated heterocycles. The number of likely N-dealkylation sites (tertiary alicyclic amines) is 1. The van der Waals surface area contributed by atoms with Gasteiger partial charge in [0.15, 0.2) is 0 Å². The number of benzene rings is 1. The Morgan fingerprint density at radius 3 is 2.77 bits per heavy atom. The molecule has 0 bridgehead atoms. The number of carboxylic acids is 1. The minimum Gasteiger partial charge on any atom is -0.481 e. The number of nitrogens with zero attached hydrogens (tertiary/aromatic N) is 2. The fourth-order valence-electron chi connectivity index (χ4n) is 3.92. The summed E-state index contributed by atoms with van der Waals surface area (Å²) >= 11 is 0. The van der Waals surface area contributed by atoms with Crippen LogP contribution in [0.25, 0.3) is 5.57 Å². The van der Waals surface area contributed by atoms with Crippen molar-refractivity contribution in [1.82, 2.24) is 9.47 Å². The van der Waals surface area contributed by atoms with Crippen molar-refractivity contribution in [2.24, 2.45) is 0 Å². The highest BCUT2D eigenvalue weighted by Gasteiger charge is 2.25. The van der Waals surface area contributed by atoms with E-state index in [1.807, 2.05) is 6.07 Å². The number of aryl methyl sites for hydroxylation is 1. The van der Waals surface area contributed by atoms with Crippen molar-refractivity contribution in [2.45, 2.75) is 45.2 Å². The topological polar surface area (TPSA) is 45.5 Å². The zero-order valence-electron chi connectivity index (χ0n) is 15.5. The van der Waals surface area contributed by atoms with Gasteiger partial charge in [-0.15, -0.1) is 0 Å². The fourth-order valence-corrected chi connectivity index (χ4v) is 3.92. The smallest absolute Gasteiger partial charge is 0.304 e. The average molecular weight is 352 g/mol. The lowest BCUT2D eigenvalue weighted by molar-refractivity contribution is -0.138. The molecule has 0 amide bonds. The predicted molar refractivity (Wildman–Crippen MR) is 105 cm³/mol. The van der Waals surface area contributed by atoms with E-state index in [0.717, 1.165) is 38.9 Å². The van der Waals surface area contributed by atoms with Crippen LogP contribution < -0.4 is 0 Å². The molecule has 1 aromatic heterocycles. The first kappa shape index (κ1) is 18.5. The third kappa shape index (κ3) is 4.44. The minimum absolute atomic E-state index is 0.195. The second-order valence-corrected chi connectivity index (χ2v) is 6.88. The molecule has 4 heteroatoms. The largest absolute Gasteiger partial charge is 0.481 e. The molecular formula is C22H28N2O2. The normalized spacial score (nSPS) is 18.3. The minimum atomic E-state index is -0.691. The summed E-state index contributed by atoms with van der Waals surface area (Å²) in [5, 5.41) is 9.10. The van der Waals surface area contributed by atoms with Crippen LogP contribution >= 0.6 is 0 Å². The molecule has 0 saturated carbocycles. The summed E-state index contributed by atoms with van der Waals surface area (Å²) in [7, 11) is 0. The standard InChI is InChI=1S/C22H28N2O2/c1-2-23-14-8-13-21(23)20(18-9-4-3-5-10-18)12-7-16-24-15-6-11-19(24)17-22(25)26/h3-5,8-10,12-14,19H,2,6-7,11,15-17H2,1H3,(H,25,26)/t19-/m0/s1. The van der Waals surface area contributed by atoms with Crippen LogP contribution in [-0.2, 0) is 11.3 Å². The molecule has 1 N–H and O–H groups in total. The lowest BCUT2D eigenvalue weighted by Gasteiger charge is -2.22. The summed E-state index contributed by atoms with van der Waals surface area (Å²) in [5.74, 6) is -0.691. The lowest BCUT2D eigenvalue weighted by atomic mass is 10.0. The van der Waals surface area contributed by atoms with Gasteiger partial charge in [0.05, 0.1) is 6.42 Å². The van der Waals surface area contributed by atoms with Crippen LogP contribution in [-0.4, -0.2) is 39.7 Å². The Balaban J connectivity index is 1.76. The molecule has 1 aliphatic rings. The molecule has 1 fully saturated rings. The molecule has 2 aromatic rings. The molecule has 0 spiro atoms. The lowest BCUT2D eigenvalue weighted by Crippen LogP contribution is -2.32. The van der Waals surface area contributed by atoms with Crippen LogP contribution in [0.3, 0.4) is 0 Å². The van der Waals surface area contributed by atoms with E-state index in [1.54, 1.807) is 0 Å². The number of hydrogen-bond acceptors (Lipinski definition) is 2. The first-order chi connectivity index (χ1) is 12.7. The van der Waals surface area contributed by atoms with E-state index in [4.69, 9.17) is 5.11 Å². The summed E-state index contributed by atoms with van der Waals surface area (Å²) in [6, 6.07) is 15.0. The second-order valence-electron chi connectivity index (χ2n) is 6.88. The van der Waals surface area contributed by atoms with Gasteiger partial charge in [-0.25, -0.2) is 0 Å². The fraction of sp³-hybridized carbons (Fsp3) is 0.409. The van der Waals surface area contributed by atoms with E-state index in [1.165, 1.54) is 16.8 Å². The number of rotatable bonds is 8. The van der Waals surface area contributed by atoms with Gasteiger partial charge in [-0.1, -0.05) is 36.4 Å². The number of hydrogen-bond donors (Lipinski definition) is 1. The zero-order chi connectivity index (χ0) is 18.4. The number of aromatic nitrogens is 1. The Morgan fingerprint density at radius 1 is 1.23 bits per heavy atom. The highest BCUT2D eigenvalue weighted by molar-refractivity contribution is 5.78. The first-order valence-electron chi connectivity index (χ1n) is 9.56. The van der Waals surface area contributed by atoms with Gasteiger partial charge >= 0.3 is 5.97 Å². The summed E-state index contributed by atoms with van der Waals surface area (Å²) in [6.07, 6.45) is 7.72. The van der Waals surface area contributed by atoms with Crippen molar-refractivity contribution in [3.63, 3.8) is 0 Å². The molecule has 0 radical (unpaired) electrons. The van der Waals surface area contributed by atoms with Gasteiger partial charge in [0, 0.05) is 36.6 Å². The Hall–Kier alpha value is -2.33. The molecule has 0 aliphatic carbocycles. The maximum Gasteiger partial charge on any atom is 0.304 e. The third-order valence-electron chi connectivity index (χ3n) is 5.21. The van der Waals surface area contributed by atoms with E-state index >= 15 is 0 Å². The predicted octanol–water partition coefficient (Wildman–Crippen LogP) is 4.27. The first-order valence-corrected chi connectivity index (χ1v) is 9.56. The van der Waals surface area contributed by atoms with E-state index in [-0.39, 0.29) is 12.5 Å². The van der Waals surface area contributed by atoms with E-state index in [2.05, 4.69) is 65.1 Å². The van der Waals surface area contributed by atoms with Gasteiger partial charge in [0.1, 0.15) is 0 Å². The quantitative estimate of drug-likeness (QED) is 0.772. The SMILES string of the molecule is CCn1cccc1C(=CCCN1CCC[C@H]1CC(=O)O)c1ccccc1. The van der Waals surface area contributed by atoms with Gasteiger partial charge in [-0.2, -0.15) is 0 Å². The highest BCUT2D eigenvalue weighted by Crippen LogP contribution is 2.26. The van der Waals surface area contributed by atoms with E-state index in [9.17, 15) is 4.79 Å². The summed E-state index contributed by atoms with van der Waals surface area (Å²) < 4.78 is 2.27. The van der Waals surface area contributed by atoms with Crippen LogP contribution in [0.1, 0.15) is 43.9 Å². The Bertz CT molecular complexity index is 749. The Morgan fingerprint density at radius 2 is 2.04 bits per heavy atom. The molecule has 26 heavy (non-hydrogen) atoms. The number of carbonyl (C=O) groups is 1. The van der Waals surface area contributed by atoms with Crippen LogP contribution in [0.2, 0.25) is 0 Å². The molecular weight excluding hydrogens is 324 g/mol. The number of aliphatic carboxylic acids is 1. The van der Waals surface area contributed by atoms with E-state index < -0.39 is 5.97 Å². The van der Waals surface area contributed by atoms with Crippen molar-refractivity contribution in [1.29, 1.82) is 0 Å². The molecule has 4 nitrogen and oxygen atoms in total. The highest BCUT2D eigenvalue weighted by atomic mass is 16.4. The molecule has 3 rings (SSSR count). The zero-order valence-corrected chi connectivity index (χ0v) is 15.5. The van der Waals surface area contributed by atoms with Gasteiger partial charge < -0.3 is 9.67 Å². The average Bonchev–Trinajstić information content (AvgIpc) is 3.28. The van der Waals surface area contributed by atoms with Gasteiger partial charge in [-0.05, 0) is 50.4 Å². The monoisotopic (exact) mass is 352 g/mol. The maximum atomic E-state index is 11.1. The van der Waals surface area contributed by atoms with Gasteiger partial charge in [-0.3, -0.25) is 9.69 Å². The van der Waals surface area contributed by atoms with Crippen LogP contribution in [0.4, 0.5) is 0 Å². The molecule has 1 atom stereocenters. The molecule has 0 unspecified atom stereocenters. The van der Waals surface area contributed by atoms with Gasteiger partial charge in [0.25, 0.3) is 0 Å². The summed E-state index contributed by atoms with van der Waals surface area (Å²) in [5.41, 5.74) is 3.72. The molecule has 1 aromatic carbocycles. The number of carboxylic acid groups (broad SMARTS) is 1. The van der Waals surface area contributed by atoms with Crippen molar-refractivity contribution >= 4 is 11.5 Å². The van der Waals surface area contributed by atoms with Crippen LogP contribution in [0, 0.1) is 0 Å². The third-order valence-corrected chi connectivity index (χ3v) is 5.21. The van der Waals surface area contributed by atoms with Crippen molar-refractivity contribution in [3.05, 3.63) is 66.0 Å². The van der Waals surface area contributed by atoms with Crippen LogP contribution in [0.15, 0.2) is 54.7 Å². The Kier molecular flexibility index (Phi) is 6.29. The van der Waals surface area contributed by atoms with Crippen LogP contribution in [0.5, 0.6) is 0 Å². The van der Waals surface area contributed by atoms with Crippen molar-refractivity contribution in [3.8, 4) is 0 Å². The van der Waals surface area contributed by atoms with E-state index in [0.29, 0.717) is 0 Å².